The van der Waals surface area contributed by atoms with Crippen LogP contribution in [0.4, 0.5) is 0 Å². The molecule has 124 valence electrons. The number of pyridine rings is 1. The summed E-state index contributed by atoms with van der Waals surface area (Å²) >= 11 is 6.04. The third-order valence-corrected chi connectivity index (χ3v) is 4.30. The van der Waals surface area contributed by atoms with Gasteiger partial charge >= 0.3 is 0 Å². The summed E-state index contributed by atoms with van der Waals surface area (Å²) in [6.07, 6.45) is 1.93. The lowest BCUT2D eigenvalue weighted by Gasteiger charge is -2.14. The van der Waals surface area contributed by atoms with Gasteiger partial charge in [-0.25, -0.2) is 0 Å². The summed E-state index contributed by atoms with van der Waals surface area (Å²) in [7, 11) is 0. The van der Waals surface area contributed by atoms with Gasteiger partial charge < -0.3 is 15.2 Å². The maximum atomic E-state index is 12.6. The Morgan fingerprint density at radius 1 is 1.12 bits per heavy atom. The van der Waals surface area contributed by atoms with Crippen molar-refractivity contribution in [3.63, 3.8) is 0 Å². The zero-order valence-corrected chi connectivity index (χ0v) is 14.0. The van der Waals surface area contributed by atoms with E-state index in [9.17, 15) is 15.0 Å². The molecule has 0 unspecified atom stereocenters. The van der Waals surface area contributed by atoms with Crippen LogP contribution in [-0.4, -0.2) is 15.2 Å². The van der Waals surface area contributed by atoms with E-state index < -0.39 is 0 Å². The number of aromatic amines is 1. The minimum absolute atomic E-state index is 0.0305. The van der Waals surface area contributed by atoms with Crippen LogP contribution in [0.2, 0.25) is 5.02 Å². The molecule has 0 spiro atoms. The standard InChI is InChI=1S/C19H18ClNO3/c1-2-4-14-15(8-11-5-3-6-12(20)7-11)19(24)21-16-9-13(22)10-17(23)18(14)16/h3,5-7,9-10,22-23H,2,4,8H2,1H3,(H,21,24). The predicted molar refractivity (Wildman–Crippen MR) is 96.2 cm³/mol. The molecular weight excluding hydrogens is 326 g/mol. The maximum Gasteiger partial charge on any atom is 0.252 e. The Bertz CT molecular complexity index is 963. The number of halogens is 1. The van der Waals surface area contributed by atoms with Gasteiger partial charge in [-0.3, -0.25) is 4.79 Å². The predicted octanol–water partition coefficient (Wildman–Crippen LogP) is 4.14. The molecule has 0 aliphatic carbocycles. The fraction of sp³-hybridized carbons (Fsp3) is 0.211. The van der Waals surface area contributed by atoms with Gasteiger partial charge in [-0.2, -0.15) is 0 Å². The summed E-state index contributed by atoms with van der Waals surface area (Å²) in [5, 5.41) is 21.2. The number of fused-ring (bicyclic) bond motifs is 1. The molecule has 1 heterocycles. The number of rotatable bonds is 4. The number of nitrogens with one attached hydrogen (secondary N) is 1. The van der Waals surface area contributed by atoms with Crippen LogP contribution in [0.1, 0.15) is 30.0 Å². The zero-order chi connectivity index (χ0) is 17.3. The number of aryl methyl sites for hydroxylation is 1. The fourth-order valence-corrected chi connectivity index (χ4v) is 3.29. The fourth-order valence-electron chi connectivity index (χ4n) is 3.08. The lowest BCUT2D eigenvalue weighted by atomic mass is 9.94. The molecule has 0 atom stereocenters. The minimum Gasteiger partial charge on any atom is -0.508 e. The highest BCUT2D eigenvalue weighted by Gasteiger charge is 2.16. The van der Waals surface area contributed by atoms with E-state index in [2.05, 4.69) is 4.98 Å². The maximum absolute atomic E-state index is 12.6. The average Bonchev–Trinajstić information content (AvgIpc) is 2.50. The molecule has 0 fully saturated rings. The van der Waals surface area contributed by atoms with E-state index in [0.29, 0.717) is 34.3 Å². The van der Waals surface area contributed by atoms with Crippen LogP contribution in [0, 0.1) is 0 Å². The molecule has 0 radical (unpaired) electrons. The van der Waals surface area contributed by atoms with Crippen LogP contribution >= 0.6 is 11.6 Å². The van der Waals surface area contributed by atoms with Gasteiger partial charge in [-0.1, -0.05) is 37.1 Å². The molecule has 2 aromatic carbocycles. The largest absolute Gasteiger partial charge is 0.508 e. The summed E-state index contributed by atoms with van der Waals surface area (Å²) in [5.41, 5.74) is 2.59. The van der Waals surface area contributed by atoms with Crippen LogP contribution in [0.3, 0.4) is 0 Å². The number of hydrogen-bond acceptors (Lipinski definition) is 3. The number of phenolic OH excluding ortho intramolecular Hbond substituents is 2. The van der Waals surface area contributed by atoms with Crippen molar-refractivity contribution in [1.82, 2.24) is 4.98 Å². The topological polar surface area (TPSA) is 73.3 Å². The number of phenols is 2. The van der Waals surface area contributed by atoms with Gasteiger partial charge in [0.05, 0.1) is 5.52 Å². The molecule has 0 saturated carbocycles. The van der Waals surface area contributed by atoms with Crippen molar-refractivity contribution >= 4 is 22.5 Å². The van der Waals surface area contributed by atoms with Gasteiger partial charge in [0.15, 0.2) is 0 Å². The molecule has 0 aliphatic heterocycles. The first-order valence-electron chi connectivity index (χ1n) is 7.83. The Hall–Kier alpha value is -2.46. The highest BCUT2D eigenvalue weighted by Crippen LogP contribution is 2.33. The number of aromatic hydroxyl groups is 2. The van der Waals surface area contributed by atoms with Gasteiger partial charge in [0, 0.05) is 34.5 Å². The SMILES string of the molecule is CCCc1c(Cc2cccc(Cl)c2)c(=O)[nH]c2cc(O)cc(O)c12. The Morgan fingerprint density at radius 2 is 1.92 bits per heavy atom. The van der Waals surface area contributed by atoms with E-state index >= 15 is 0 Å². The number of benzene rings is 2. The van der Waals surface area contributed by atoms with Gasteiger partial charge in [-0.05, 0) is 29.7 Å². The Kier molecular flexibility index (Phi) is 4.49. The molecule has 3 N–H and O–H groups in total. The van der Waals surface area contributed by atoms with Crippen molar-refractivity contribution in [3.05, 3.63) is 68.5 Å². The first kappa shape index (κ1) is 16.4. The van der Waals surface area contributed by atoms with E-state index in [1.807, 2.05) is 25.1 Å². The number of aromatic nitrogens is 1. The van der Waals surface area contributed by atoms with E-state index in [1.54, 1.807) is 6.07 Å². The van der Waals surface area contributed by atoms with Crippen molar-refractivity contribution in [2.45, 2.75) is 26.2 Å². The van der Waals surface area contributed by atoms with E-state index in [0.717, 1.165) is 17.5 Å². The summed E-state index contributed by atoms with van der Waals surface area (Å²) < 4.78 is 0. The molecule has 5 heteroatoms. The highest BCUT2D eigenvalue weighted by molar-refractivity contribution is 6.30. The number of H-pyrrole nitrogens is 1. The van der Waals surface area contributed by atoms with Crippen molar-refractivity contribution in [2.24, 2.45) is 0 Å². The second-order valence-electron chi connectivity index (χ2n) is 5.86. The molecule has 0 aliphatic rings. The highest BCUT2D eigenvalue weighted by atomic mass is 35.5. The van der Waals surface area contributed by atoms with Crippen molar-refractivity contribution in [2.75, 3.05) is 0 Å². The summed E-state index contributed by atoms with van der Waals surface area (Å²) in [5.74, 6) is -0.113. The second-order valence-corrected chi connectivity index (χ2v) is 6.29. The molecule has 0 saturated heterocycles. The zero-order valence-electron chi connectivity index (χ0n) is 13.3. The molecule has 4 nitrogen and oxygen atoms in total. The minimum atomic E-state index is -0.212. The van der Waals surface area contributed by atoms with E-state index in [1.165, 1.54) is 12.1 Å². The van der Waals surface area contributed by atoms with Crippen molar-refractivity contribution in [3.8, 4) is 11.5 Å². The first-order valence-corrected chi connectivity index (χ1v) is 8.21. The summed E-state index contributed by atoms with van der Waals surface area (Å²) in [4.78, 5) is 15.4. The molecule has 24 heavy (non-hydrogen) atoms. The summed E-state index contributed by atoms with van der Waals surface area (Å²) in [6.45, 7) is 2.02. The Morgan fingerprint density at radius 3 is 2.62 bits per heavy atom. The molecule has 3 aromatic rings. The van der Waals surface area contributed by atoms with Gasteiger partial charge in [-0.15, -0.1) is 0 Å². The van der Waals surface area contributed by atoms with Gasteiger partial charge in [0.25, 0.3) is 5.56 Å². The quantitative estimate of drug-likeness (QED) is 0.666. The van der Waals surface area contributed by atoms with Crippen LogP contribution in [-0.2, 0) is 12.8 Å². The van der Waals surface area contributed by atoms with Crippen molar-refractivity contribution in [1.29, 1.82) is 0 Å². The van der Waals surface area contributed by atoms with Crippen molar-refractivity contribution < 1.29 is 10.2 Å². The average molecular weight is 344 g/mol. The third-order valence-electron chi connectivity index (χ3n) is 4.06. The Labute approximate surface area is 144 Å². The molecular formula is C19H18ClNO3. The van der Waals surface area contributed by atoms with Gasteiger partial charge in [0.1, 0.15) is 11.5 Å². The normalized spacial score (nSPS) is 11.1. The molecule has 3 rings (SSSR count). The second kappa shape index (κ2) is 6.57. The lowest BCUT2D eigenvalue weighted by molar-refractivity contribution is 0.454. The Balaban J connectivity index is 2.24. The first-order chi connectivity index (χ1) is 11.5. The number of hydrogen-bond donors (Lipinski definition) is 3. The van der Waals surface area contributed by atoms with Crippen LogP contribution in [0.15, 0.2) is 41.2 Å². The third kappa shape index (κ3) is 3.10. The molecule has 1 aromatic heterocycles. The smallest absolute Gasteiger partial charge is 0.252 e. The van der Waals surface area contributed by atoms with Gasteiger partial charge in [0.2, 0.25) is 0 Å². The van der Waals surface area contributed by atoms with Crippen LogP contribution in [0.5, 0.6) is 11.5 Å². The van der Waals surface area contributed by atoms with Crippen LogP contribution in [0.25, 0.3) is 10.9 Å². The molecule has 0 bridgehead atoms. The summed E-state index contributed by atoms with van der Waals surface area (Å²) in [6, 6.07) is 10.1. The van der Waals surface area contributed by atoms with E-state index in [4.69, 9.17) is 11.6 Å². The van der Waals surface area contributed by atoms with E-state index in [-0.39, 0.29) is 17.1 Å². The monoisotopic (exact) mass is 343 g/mol. The van der Waals surface area contributed by atoms with Crippen LogP contribution < -0.4 is 5.56 Å². The molecule has 0 amide bonds. The lowest BCUT2D eigenvalue weighted by Crippen LogP contribution is -2.17.